The van der Waals surface area contributed by atoms with Crippen LogP contribution in [0.5, 0.6) is 0 Å². The summed E-state index contributed by atoms with van der Waals surface area (Å²) in [5.41, 5.74) is 13.6. The zero-order valence-electron chi connectivity index (χ0n) is 30.6. The molecule has 3 heterocycles. The molecule has 0 atom stereocenters. The summed E-state index contributed by atoms with van der Waals surface area (Å²) >= 11 is 0. The average molecular weight is 726 g/mol. The van der Waals surface area contributed by atoms with Crippen molar-refractivity contribution in [1.82, 2.24) is 19.5 Å². The van der Waals surface area contributed by atoms with Gasteiger partial charge in [0.05, 0.1) is 51.2 Å². The van der Waals surface area contributed by atoms with E-state index in [9.17, 15) is 0 Å². The molecule has 0 aliphatic rings. The van der Waals surface area contributed by atoms with Gasteiger partial charge in [-0.3, -0.25) is 0 Å². The lowest BCUT2D eigenvalue weighted by atomic mass is 9.94. The van der Waals surface area contributed by atoms with Crippen molar-refractivity contribution in [3.8, 4) is 50.6 Å². The van der Waals surface area contributed by atoms with E-state index in [1.165, 1.54) is 21.8 Å². The molecule has 11 aromatic rings. The molecule has 0 aliphatic heterocycles. The average Bonchev–Trinajstić information content (AvgIpc) is 3.63. The van der Waals surface area contributed by atoms with Crippen molar-refractivity contribution in [2.75, 3.05) is 0 Å². The standard InChI is InChI=1S/C52H31N5/c1-53-43-32-44-52(56-51(35-17-6-3-7-18-35)50(55-44)34-15-4-2-5-16-34)47-41-23-8-11-24-42(41)54-49(48(43)47)37-20-14-19-36(31-37)33-27-29-38(30-28-33)57-45-25-12-9-21-39(45)40-22-10-13-26-46(40)57/h2-32H. The molecule has 0 bridgehead atoms. The van der Waals surface area contributed by atoms with Crippen molar-refractivity contribution in [2.45, 2.75) is 0 Å². The number of para-hydroxylation sites is 3. The Morgan fingerprint density at radius 2 is 0.930 bits per heavy atom. The van der Waals surface area contributed by atoms with E-state index in [-0.39, 0.29) is 0 Å². The number of pyridine rings is 1. The SMILES string of the molecule is [C-]#[N+]c1cc2nc(-c3ccccc3)c(-c3ccccc3)nc2c2c1c(-c1cccc(-c3ccc(-n4c5ccccc5c5ccccc54)cc3)c1)nc1ccccc12. The summed E-state index contributed by atoms with van der Waals surface area (Å²) in [5, 5.41) is 5.07. The molecule has 8 aromatic carbocycles. The summed E-state index contributed by atoms with van der Waals surface area (Å²) in [6.07, 6.45) is 0. The largest absolute Gasteiger partial charge is 0.309 e. The van der Waals surface area contributed by atoms with Crippen molar-refractivity contribution in [2.24, 2.45) is 0 Å². The van der Waals surface area contributed by atoms with Crippen LogP contribution in [-0.2, 0) is 0 Å². The van der Waals surface area contributed by atoms with Crippen LogP contribution in [0.25, 0.3) is 110 Å². The minimum absolute atomic E-state index is 0.493. The third-order valence-electron chi connectivity index (χ3n) is 11.0. The van der Waals surface area contributed by atoms with Crippen LogP contribution in [0, 0.1) is 6.57 Å². The van der Waals surface area contributed by atoms with E-state index >= 15 is 0 Å². The van der Waals surface area contributed by atoms with Gasteiger partial charge in [-0.05, 0) is 53.6 Å². The van der Waals surface area contributed by atoms with E-state index in [1.807, 2.05) is 60.7 Å². The predicted molar refractivity (Wildman–Crippen MR) is 235 cm³/mol. The van der Waals surface area contributed by atoms with Gasteiger partial charge in [-0.25, -0.2) is 19.8 Å². The molecule has 5 nitrogen and oxygen atoms in total. The van der Waals surface area contributed by atoms with Crippen LogP contribution in [0.2, 0.25) is 0 Å². The normalized spacial score (nSPS) is 11.5. The van der Waals surface area contributed by atoms with Crippen LogP contribution >= 0.6 is 0 Å². The van der Waals surface area contributed by atoms with E-state index < -0.39 is 0 Å². The Hall–Kier alpha value is -7.94. The molecule has 0 saturated carbocycles. The monoisotopic (exact) mass is 725 g/mol. The molecule has 11 rings (SSSR count). The van der Waals surface area contributed by atoms with Gasteiger partial charge >= 0.3 is 0 Å². The first-order chi connectivity index (χ1) is 28.2. The maximum atomic E-state index is 8.47. The van der Waals surface area contributed by atoms with Gasteiger partial charge in [0.1, 0.15) is 0 Å². The second kappa shape index (κ2) is 13.1. The van der Waals surface area contributed by atoms with Crippen LogP contribution in [0.4, 0.5) is 5.69 Å². The van der Waals surface area contributed by atoms with Gasteiger partial charge in [-0.15, -0.1) is 0 Å². The molecule has 0 fully saturated rings. The lowest BCUT2D eigenvalue weighted by Gasteiger charge is -2.16. The minimum Gasteiger partial charge on any atom is -0.309 e. The smallest absolute Gasteiger partial charge is 0.199 e. The minimum atomic E-state index is 0.493. The fourth-order valence-corrected chi connectivity index (χ4v) is 8.38. The number of benzene rings is 8. The lowest BCUT2D eigenvalue weighted by molar-refractivity contribution is 1.18. The van der Waals surface area contributed by atoms with Gasteiger partial charge in [-0.1, -0.05) is 146 Å². The molecule has 0 radical (unpaired) electrons. The highest BCUT2D eigenvalue weighted by Crippen LogP contribution is 2.44. The molecular weight excluding hydrogens is 695 g/mol. The number of nitrogens with zero attached hydrogens (tertiary/aromatic N) is 5. The first-order valence-electron chi connectivity index (χ1n) is 19.0. The zero-order chi connectivity index (χ0) is 37.9. The molecule has 0 saturated heterocycles. The van der Waals surface area contributed by atoms with Crippen molar-refractivity contribution in [3.63, 3.8) is 0 Å². The predicted octanol–water partition coefficient (Wildman–Crippen LogP) is 13.6. The molecule has 0 spiro atoms. The first-order valence-corrected chi connectivity index (χ1v) is 19.0. The Bertz CT molecular complexity index is 3340. The highest BCUT2D eigenvalue weighted by atomic mass is 15.0. The van der Waals surface area contributed by atoms with E-state index in [2.05, 4.69) is 137 Å². The maximum Gasteiger partial charge on any atom is 0.199 e. The number of hydrogen-bond donors (Lipinski definition) is 0. The van der Waals surface area contributed by atoms with E-state index in [1.54, 1.807) is 0 Å². The second-order valence-electron chi connectivity index (χ2n) is 14.3. The Balaban J connectivity index is 1.11. The van der Waals surface area contributed by atoms with Crippen LogP contribution in [0.1, 0.15) is 0 Å². The van der Waals surface area contributed by atoms with Gasteiger partial charge in [0.15, 0.2) is 5.69 Å². The molecule has 5 heteroatoms. The summed E-state index contributed by atoms with van der Waals surface area (Å²) < 4.78 is 2.33. The van der Waals surface area contributed by atoms with E-state index in [0.717, 1.165) is 77.8 Å². The topological polar surface area (TPSA) is 48.0 Å². The summed E-state index contributed by atoms with van der Waals surface area (Å²) in [4.78, 5) is 20.1. The summed E-state index contributed by atoms with van der Waals surface area (Å²) in [7, 11) is 0. The lowest BCUT2D eigenvalue weighted by Crippen LogP contribution is -1.98. The van der Waals surface area contributed by atoms with Crippen LogP contribution in [0.15, 0.2) is 188 Å². The quantitative estimate of drug-likeness (QED) is 0.131. The van der Waals surface area contributed by atoms with Gasteiger partial charge < -0.3 is 4.57 Å². The van der Waals surface area contributed by atoms with Crippen molar-refractivity contribution >= 4 is 60.2 Å². The van der Waals surface area contributed by atoms with Gasteiger partial charge in [0.25, 0.3) is 0 Å². The van der Waals surface area contributed by atoms with Crippen molar-refractivity contribution in [1.29, 1.82) is 0 Å². The number of aromatic nitrogens is 4. The molecule has 264 valence electrons. The van der Waals surface area contributed by atoms with Gasteiger partial charge in [0.2, 0.25) is 0 Å². The Morgan fingerprint density at radius 3 is 1.60 bits per heavy atom. The highest BCUT2D eigenvalue weighted by Gasteiger charge is 2.22. The van der Waals surface area contributed by atoms with Crippen molar-refractivity contribution in [3.05, 3.63) is 199 Å². The molecule has 0 unspecified atom stereocenters. The number of hydrogen-bond acceptors (Lipinski definition) is 3. The zero-order valence-corrected chi connectivity index (χ0v) is 30.6. The Labute approximate surface area is 328 Å². The molecule has 0 N–H and O–H groups in total. The fraction of sp³-hybridized carbons (Fsp3) is 0. The van der Waals surface area contributed by atoms with Gasteiger partial charge in [0, 0.05) is 49.3 Å². The molecule has 3 aromatic heterocycles. The fourth-order valence-electron chi connectivity index (χ4n) is 8.38. The van der Waals surface area contributed by atoms with Crippen LogP contribution < -0.4 is 0 Å². The first kappa shape index (κ1) is 32.5. The van der Waals surface area contributed by atoms with E-state index in [0.29, 0.717) is 11.2 Å². The summed E-state index contributed by atoms with van der Waals surface area (Å²) in [5.74, 6) is 0. The third kappa shape index (κ3) is 5.27. The molecular formula is C52H31N5. The number of rotatable bonds is 5. The second-order valence-corrected chi connectivity index (χ2v) is 14.3. The summed E-state index contributed by atoms with van der Waals surface area (Å²) in [6, 6.07) is 64.8. The summed E-state index contributed by atoms with van der Waals surface area (Å²) in [6.45, 7) is 8.47. The van der Waals surface area contributed by atoms with Crippen LogP contribution in [-0.4, -0.2) is 19.5 Å². The highest BCUT2D eigenvalue weighted by molar-refractivity contribution is 6.25. The Morgan fingerprint density at radius 1 is 0.386 bits per heavy atom. The molecule has 0 aliphatic carbocycles. The van der Waals surface area contributed by atoms with Gasteiger partial charge in [-0.2, -0.15) is 0 Å². The molecule has 57 heavy (non-hydrogen) atoms. The third-order valence-corrected chi connectivity index (χ3v) is 11.0. The maximum absolute atomic E-state index is 8.47. The van der Waals surface area contributed by atoms with Crippen molar-refractivity contribution < 1.29 is 0 Å². The molecule has 0 amide bonds. The van der Waals surface area contributed by atoms with E-state index in [4.69, 9.17) is 21.5 Å². The number of fused-ring (bicyclic) bond motifs is 8. The van der Waals surface area contributed by atoms with Crippen LogP contribution in [0.3, 0.4) is 0 Å². The Kier molecular flexibility index (Phi) is 7.48.